The molecule has 0 N–H and O–H groups in total. The number of nitrogens with zero attached hydrogens (tertiary/aromatic N) is 2. The van der Waals surface area contributed by atoms with Crippen molar-refractivity contribution >= 4 is 5.91 Å². The first-order valence-electron chi connectivity index (χ1n) is 9.37. The third kappa shape index (κ3) is 3.45. The first kappa shape index (κ1) is 15.2. The lowest BCUT2D eigenvalue weighted by Crippen LogP contribution is -2.36. The average molecular weight is 312 g/mol. The van der Waals surface area contributed by atoms with Crippen LogP contribution in [0.15, 0.2) is 30.3 Å². The van der Waals surface area contributed by atoms with E-state index in [-0.39, 0.29) is 5.92 Å². The smallest absolute Gasteiger partial charge is 0.226 e. The number of hydrogen-bond acceptors (Lipinski definition) is 2. The minimum absolute atomic E-state index is 0.256. The summed E-state index contributed by atoms with van der Waals surface area (Å²) in [5.74, 6) is 1.85. The van der Waals surface area contributed by atoms with E-state index in [1.54, 1.807) is 0 Å². The largest absolute Gasteiger partial charge is 0.342 e. The number of carbonyl (C=O) groups is 1. The van der Waals surface area contributed by atoms with Crippen molar-refractivity contribution in [1.82, 2.24) is 9.80 Å². The minimum Gasteiger partial charge on any atom is -0.342 e. The summed E-state index contributed by atoms with van der Waals surface area (Å²) in [4.78, 5) is 17.5. The third-order valence-corrected chi connectivity index (χ3v) is 5.90. The predicted molar refractivity (Wildman–Crippen MR) is 92.3 cm³/mol. The monoisotopic (exact) mass is 312 g/mol. The maximum Gasteiger partial charge on any atom is 0.226 e. The lowest BCUT2D eigenvalue weighted by atomic mass is 10.1. The van der Waals surface area contributed by atoms with Gasteiger partial charge < -0.3 is 9.80 Å². The van der Waals surface area contributed by atoms with E-state index in [0.29, 0.717) is 17.7 Å². The van der Waals surface area contributed by atoms with E-state index in [1.165, 1.54) is 50.9 Å². The molecule has 0 bridgehead atoms. The van der Waals surface area contributed by atoms with Gasteiger partial charge in [-0.2, -0.15) is 0 Å². The van der Waals surface area contributed by atoms with Gasteiger partial charge in [0.05, 0.1) is 0 Å². The lowest BCUT2D eigenvalue weighted by Gasteiger charge is -2.29. The SMILES string of the molecule is O=C(C1CC1c1ccccc1)N1CCC(CN2CCCCC2)C1. The number of benzene rings is 1. The molecule has 4 rings (SSSR count). The summed E-state index contributed by atoms with van der Waals surface area (Å²) in [7, 11) is 0. The highest BCUT2D eigenvalue weighted by atomic mass is 16.2. The molecule has 3 fully saturated rings. The molecule has 2 heterocycles. The van der Waals surface area contributed by atoms with Crippen LogP contribution in [0.5, 0.6) is 0 Å². The van der Waals surface area contributed by atoms with E-state index in [2.05, 4.69) is 34.1 Å². The van der Waals surface area contributed by atoms with E-state index in [4.69, 9.17) is 0 Å². The maximum atomic E-state index is 12.7. The molecular formula is C20H28N2O. The van der Waals surface area contributed by atoms with Crippen molar-refractivity contribution in [3.8, 4) is 0 Å². The number of hydrogen-bond donors (Lipinski definition) is 0. The summed E-state index contributed by atoms with van der Waals surface area (Å²) in [5, 5.41) is 0. The average Bonchev–Trinajstić information content (AvgIpc) is 3.28. The maximum absolute atomic E-state index is 12.7. The molecule has 2 saturated heterocycles. The van der Waals surface area contributed by atoms with E-state index in [0.717, 1.165) is 19.5 Å². The van der Waals surface area contributed by atoms with Crippen molar-refractivity contribution in [2.45, 2.75) is 38.0 Å². The summed E-state index contributed by atoms with van der Waals surface area (Å²) in [5.41, 5.74) is 1.34. The molecule has 1 saturated carbocycles. The molecule has 3 atom stereocenters. The molecule has 1 aliphatic carbocycles. The van der Waals surface area contributed by atoms with Gasteiger partial charge in [-0.1, -0.05) is 36.8 Å². The van der Waals surface area contributed by atoms with Crippen LogP contribution in [0, 0.1) is 11.8 Å². The van der Waals surface area contributed by atoms with Gasteiger partial charge in [0.25, 0.3) is 0 Å². The Balaban J connectivity index is 1.27. The Morgan fingerprint density at radius 2 is 1.83 bits per heavy atom. The van der Waals surface area contributed by atoms with Gasteiger partial charge in [-0.25, -0.2) is 0 Å². The topological polar surface area (TPSA) is 23.6 Å². The molecule has 0 aromatic heterocycles. The Labute approximate surface area is 139 Å². The molecule has 0 radical (unpaired) electrons. The summed E-state index contributed by atoms with van der Waals surface area (Å²) >= 11 is 0. The fourth-order valence-corrected chi connectivity index (χ4v) is 4.46. The molecule has 1 aromatic rings. The fraction of sp³-hybridized carbons (Fsp3) is 0.650. The van der Waals surface area contributed by atoms with Crippen molar-refractivity contribution in [3.05, 3.63) is 35.9 Å². The van der Waals surface area contributed by atoms with Gasteiger partial charge in [0.2, 0.25) is 5.91 Å². The van der Waals surface area contributed by atoms with Gasteiger partial charge in [0, 0.05) is 25.6 Å². The summed E-state index contributed by atoms with van der Waals surface area (Å²) < 4.78 is 0. The quantitative estimate of drug-likeness (QED) is 0.853. The Morgan fingerprint density at radius 1 is 1.04 bits per heavy atom. The summed E-state index contributed by atoms with van der Waals surface area (Å²) in [6.07, 6.45) is 6.36. The van der Waals surface area contributed by atoms with Gasteiger partial charge in [-0.3, -0.25) is 4.79 Å². The highest BCUT2D eigenvalue weighted by Crippen LogP contribution is 2.48. The molecule has 23 heavy (non-hydrogen) atoms. The number of likely N-dealkylation sites (tertiary alicyclic amines) is 2. The van der Waals surface area contributed by atoms with Gasteiger partial charge >= 0.3 is 0 Å². The zero-order valence-corrected chi connectivity index (χ0v) is 14.0. The molecule has 2 aliphatic heterocycles. The van der Waals surface area contributed by atoms with Crippen LogP contribution < -0.4 is 0 Å². The van der Waals surface area contributed by atoms with Crippen LogP contribution in [-0.4, -0.2) is 48.4 Å². The fourth-order valence-electron chi connectivity index (χ4n) is 4.46. The molecule has 1 aromatic carbocycles. The standard InChI is InChI=1S/C20H28N2O/c23-20(19-13-18(19)17-7-3-1-4-8-17)22-12-9-16(15-22)14-21-10-5-2-6-11-21/h1,3-4,7-8,16,18-19H,2,5-6,9-15H2. The third-order valence-electron chi connectivity index (χ3n) is 5.90. The highest BCUT2D eigenvalue weighted by molar-refractivity contribution is 5.83. The zero-order chi connectivity index (χ0) is 15.6. The van der Waals surface area contributed by atoms with E-state index in [9.17, 15) is 4.79 Å². The summed E-state index contributed by atoms with van der Waals surface area (Å²) in [6, 6.07) is 10.6. The Bertz CT molecular complexity index is 538. The number of carbonyl (C=O) groups excluding carboxylic acids is 1. The van der Waals surface area contributed by atoms with Crippen molar-refractivity contribution in [1.29, 1.82) is 0 Å². The Morgan fingerprint density at radius 3 is 2.61 bits per heavy atom. The zero-order valence-electron chi connectivity index (χ0n) is 14.0. The lowest BCUT2D eigenvalue weighted by molar-refractivity contribution is -0.131. The second kappa shape index (κ2) is 6.64. The van der Waals surface area contributed by atoms with E-state index in [1.807, 2.05) is 6.07 Å². The number of piperidine rings is 1. The van der Waals surface area contributed by atoms with Gasteiger partial charge in [0.1, 0.15) is 0 Å². The molecule has 0 spiro atoms. The molecule has 3 unspecified atom stereocenters. The first-order valence-corrected chi connectivity index (χ1v) is 9.37. The van der Waals surface area contributed by atoms with Crippen molar-refractivity contribution in [2.24, 2.45) is 11.8 Å². The van der Waals surface area contributed by atoms with E-state index < -0.39 is 0 Å². The van der Waals surface area contributed by atoms with Gasteiger partial charge in [-0.05, 0) is 56.2 Å². The van der Waals surface area contributed by atoms with Crippen LogP contribution in [0.25, 0.3) is 0 Å². The normalized spacial score (nSPS) is 31.3. The van der Waals surface area contributed by atoms with Gasteiger partial charge in [-0.15, -0.1) is 0 Å². The van der Waals surface area contributed by atoms with Crippen molar-refractivity contribution < 1.29 is 4.79 Å². The Kier molecular flexibility index (Phi) is 4.39. The number of rotatable bonds is 4. The predicted octanol–water partition coefficient (Wildman–Crippen LogP) is 3.12. The van der Waals surface area contributed by atoms with Crippen molar-refractivity contribution in [3.63, 3.8) is 0 Å². The Hall–Kier alpha value is -1.35. The molecule has 3 heteroatoms. The van der Waals surface area contributed by atoms with Crippen LogP contribution in [0.3, 0.4) is 0 Å². The molecule has 3 aliphatic rings. The van der Waals surface area contributed by atoms with Crippen LogP contribution in [0.1, 0.15) is 43.6 Å². The number of amides is 1. The summed E-state index contributed by atoms with van der Waals surface area (Å²) in [6.45, 7) is 5.71. The minimum atomic E-state index is 0.256. The second-order valence-electron chi connectivity index (χ2n) is 7.66. The van der Waals surface area contributed by atoms with Crippen LogP contribution in [-0.2, 0) is 4.79 Å². The molecule has 124 valence electrons. The molecule has 1 amide bonds. The highest BCUT2D eigenvalue weighted by Gasteiger charge is 2.46. The molecule has 3 nitrogen and oxygen atoms in total. The van der Waals surface area contributed by atoms with E-state index >= 15 is 0 Å². The van der Waals surface area contributed by atoms with Crippen molar-refractivity contribution in [2.75, 3.05) is 32.7 Å². The van der Waals surface area contributed by atoms with Crippen LogP contribution in [0.2, 0.25) is 0 Å². The second-order valence-corrected chi connectivity index (χ2v) is 7.66. The van der Waals surface area contributed by atoms with Gasteiger partial charge in [0.15, 0.2) is 0 Å². The molecular weight excluding hydrogens is 284 g/mol. The van der Waals surface area contributed by atoms with Crippen LogP contribution in [0.4, 0.5) is 0 Å². The van der Waals surface area contributed by atoms with Crippen LogP contribution >= 0.6 is 0 Å². The first-order chi connectivity index (χ1) is 11.3.